The van der Waals surface area contributed by atoms with Gasteiger partial charge in [0.25, 0.3) is 5.91 Å². The van der Waals surface area contributed by atoms with Gasteiger partial charge in [-0.25, -0.2) is 5.84 Å². The first-order chi connectivity index (χ1) is 9.20. The van der Waals surface area contributed by atoms with Crippen LogP contribution in [0.3, 0.4) is 0 Å². The van der Waals surface area contributed by atoms with Gasteiger partial charge in [-0.05, 0) is 29.8 Å². The summed E-state index contributed by atoms with van der Waals surface area (Å²) in [5.41, 5.74) is 3.78. The van der Waals surface area contributed by atoms with E-state index in [9.17, 15) is 4.79 Å². The van der Waals surface area contributed by atoms with Crippen molar-refractivity contribution in [1.82, 2.24) is 5.43 Å². The maximum absolute atomic E-state index is 11.3. The number of benzene rings is 2. The molecule has 0 aromatic heterocycles. The van der Waals surface area contributed by atoms with Crippen molar-refractivity contribution in [3.05, 3.63) is 64.7 Å². The van der Waals surface area contributed by atoms with E-state index in [4.69, 9.17) is 17.4 Å². The Morgan fingerprint density at radius 1 is 1.16 bits per heavy atom. The number of carbonyl (C=O) groups is 1. The van der Waals surface area contributed by atoms with Gasteiger partial charge in [0.1, 0.15) is 0 Å². The van der Waals surface area contributed by atoms with Crippen molar-refractivity contribution in [2.24, 2.45) is 5.84 Å². The Morgan fingerprint density at radius 3 is 2.47 bits per heavy atom. The molecule has 19 heavy (non-hydrogen) atoms. The van der Waals surface area contributed by atoms with Crippen molar-refractivity contribution in [2.45, 2.75) is 10.6 Å². The quantitative estimate of drug-likeness (QED) is 0.394. The summed E-state index contributed by atoms with van der Waals surface area (Å²) in [4.78, 5) is 12.3. The molecule has 0 unspecified atom stereocenters. The fourth-order valence-electron chi connectivity index (χ4n) is 1.56. The Labute approximate surface area is 121 Å². The molecule has 0 bridgehead atoms. The molecule has 5 heteroatoms. The fourth-order valence-corrected chi connectivity index (χ4v) is 2.75. The molecule has 0 aliphatic heterocycles. The van der Waals surface area contributed by atoms with Gasteiger partial charge in [-0.3, -0.25) is 10.2 Å². The Kier molecular flexibility index (Phi) is 4.85. The van der Waals surface area contributed by atoms with Gasteiger partial charge in [-0.2, -0.15) is 0 Å². The molecule has 0 radical (unpaired) electrons. The van der Waals surface area contributed by atoms with Crippen LogP contribution in [0.5, 0.6) is 0 Å². The van der Waals surface area contributed by atoms with Gasteiger partial charge in [0.05, 0.1) is 5.02 Å². The number of hydrazine groups is 1. The molecule has 0 atom stereocenters. The van der Waals surface area contributed by atoms with Gasteiger partial charge in [-0.1, -0.05) is 35.9 Å². The highest BCUT2D eigenvalue weighted by atomic mass is 35.5. The minimum Gasteiger partial charge on any atom is -0.290 e. The molecule has 0 saturated heterocycles. The lowest BCUT2D eigenvalue weighted by Crippen LogP contribution is -2.29. The van der Waals surface area contributed by atoms with Gasteiger partial charge < -0.3 is 0 Å². The third-order valence-corrected chi connectivity index (χ3v) is 4.16. The zero-order valence-corrected chi connectivity index (χ0v) is 11.7. The molecule has 3 N–H and O–H groups in total. The normalized spacial score (nSPS) is 10.2. The maximum atomic E-state index is 11.3. The second kappa shape index (κ2) is 6.61. The molecule has 0 spiro atoms. The first kappa shape index (κ1) is 13.9. The Morgan fingerprint density at radius 2 is 1.84 bits per heavy atom. The van der Waals surface area contributed by atoms with Crippen LogP contribution in [-0.4, -0.2) is 5.91 Å². The topological polar surface area (TPSA) is 55.1 Å². The number of carbonyl (C=O) groups excluding carboxylic acids is 1. The molecule has 3 nitrogen and oxygen atoms in total. The number of nitrogen functional groups attached to an aromatic ring is 1. The van der Waals surface area contributed by atoms with E-state index < -0.39 is 0 Å². The number of halogens is 1. The van der Waals surface area contributed by atoms with E-state index >= 15 is 0 Å². The number of hydrogen-bond donors (Lipinski definition) is 2. The standard InChI is InChI=1S/C14H13ClN2OS/c15-12-3-1-2-4-13(12)19-9-10-5-7-11(8-6-10)14(18)17-16/h1-8H,9,16H2,(H,17,18). The van der Waals surface area contributed by atoms with Crippen LogP contribution in [0.25, 0.3) is 0 Å². The van der Waals surface area contributed by atoms with Crippen molar-refractivity contribution in [3.63, 3.8) is 0 Å². The monoisotopic (exact) mass is 292 g/mol. The van der Waals surface area contributed by atoms with E-state index in [1.165, 1.54) is 0 Å². The van der Waals surface area contributed by atoms with E-state index in [1.54, 1.807) is 23.9 Å². The second-order valence-corrected chi connectivity index (χ2v) is 5.31. The van der Waals surface area contributed by atoms with Crippen LogP contribution in [-0.2, 0) is 5.75 Å². The van der Waals surface area contributed by atoms with Crippen molar-refractivity contribution < 1.29 is 4.79 Å². The summed E-state index contributed by atoms with van der Waals surface area (Å²) in [6.07, 6.45) is 0. The summed E-state index contributed by atoms with van der Waals surface area (Å²) in [5.74, 6) is 5.59. The van der Waals surface area contributed by atoms with Crippen LogP contribution in [0.15, 0.2) is 53.4 Å². The molecule has 0 saturated carbocycles. The van der Waals surface area contributed by atoms with Crippen molar-refractivity contribution in [3.8, 4) is 0 Å². The lowest BCUT2D eigenvalue weighted by molar-refractivity contribution is 0.0953. The predicted molar refractivity (Wildman–Crippen MR) is 79.1 cm³/mol. The largest absolute Gasteiger partial charge is 0.290 e. The zero-order valence-electron chi connectivity index (χ0n) is 10.1. The molecule has 98 valence electrons. The van der Waals surface area contributed by atoms with E-state index in [0.717, 1.165) is 21.2 Å². The number of hydrogen-bond acceptors (Lipinski definition) is 3. The Hall–Kier alpha value is -1.49. The van der Waals surface area contributed by atoms with E-state index in [2.05, 4.69) is 5.43 Å². The summed E-state index contributed by atoms with van der Waals surface area (Å²) in [7, 11) is 0. The maximum Gasteiger partial charge on any atom is 0.265 e. The van der Waals surface area contributed by atoms with Crippen LogP contribution in [0.1, 0.15) is 15.9 Å². The number of nitrogens with one attached hydrogen (secondary N) is 1. The minimum atomic E-state index is -0.287. The highest BCUT2D eigenvalue weighted by molar-refractivity contribution is 7.98. The molecule has 0 aliphatic rings. The summed E-state index contributed by atoms with van der Waals surface area (Å²) in [6, 6.07) is 15.1. The predicted octanol–water partition coefficient (Wildman–Crippen LogP) is 3.24. The third kappa shape index (κ3) is 3.73. The number of rotatable bonds is 4. The van der Waals surface area contributed by atoms with E-state index in [1.807, 2.05) is 36.4 Å². The first-order valence-corrected chi connectivity index (χ1v) is 7.04. The van der Waals surface area contributed by atoms with E-state index in [0.29, 0.717) is 5.56 Å². The van der Waals surface area contributed by atoms with Crippen LogP contribution in [0, 0.1) is 0 Å². The van der Waals surface area contributed by atoms with Gasteiger partial charge in [0, 0.05) is 16.2 Å². The highest BCUT2D eigenvalue weighted by Crippen LogP contribution is 2.29. The molecular formula is C14H13ClN2OS. The smallest absolute Gasteiger partial charge is 0.265 e. The average Bonchev–Trinajstić information content (AvgIpc) is 2.46. The number of amides is 1. The lowest BCUT2D eigenvalue weighted by Gasteiger charge is -2.05. The summed E-state index contributed by atoms with van der Waals surface area (Å²) < 4.78 is 0. The molecule has 2 aromatic rings. The van der Waals surface area contributed by atoms with Gasteiger partial charge >= 0.3 is 0 Å². The summed E-state index contributed by atoms with van der Waals surface area (Å²) in [5, 5.41) is 0.756. The molecule has 0 fully saturated rings. The number of nitrogens with two attached hydrogens (primary N) is 1. The molecule has 0 heterocycles. The zero-order chi connectivity index (χ0) is 13.7. The number of thioether (sulfide) groups is 1. The third-order valence-electron chi connectivity index (χ3n) is 2.58. The van der Waals surface area contributed by atoms with Crippen LogP contribution < -0.4 is 11.3 Å². The van der Waals surface area contributed by atoms with Crippen LogP contribution >= 0.6 is 23.4 Å². The Balaban J connectivity index is 2.01. The molecular weight excluding hydrogens is 280 g/mol. The van der Waals surface area contributed by atoms with Crippen molar-refractivity contribution >= 4 is 29.3 Å². The molecule has 2 aromatic carbocycles. The highest BCUT2D eigenvalue weighted by Gasteiger charge is 2.04. The van der Waals surface area contributed by atoms with Crippen molar-refractivity contribution in [1.29, 1.82) is 0 Å². The van der Waals surface area contributed by atoms with E-state index in [-0.39, 0.29) is 5.91 Å². The van der Waals surface area contributed by atoms with Gasteiger partial charge in [-0.15, -0.1) is 11.8 Å². The van der Waals surface area contributed by atoms with Crippen LogP contribution in [0.4, 0.5) is 0 Å². The lowest BCUT2D eigenvalue weighted by atomic mass is 10.1. The molecule has 0 aliphatic carbocycles. The fraction of sp³-hybridized carbons (Fsp3) is 0.0714. The Bertz CT molecular complexity index is 572. The SMILES string of the molecule is NNC(=O)c1ccc(CSc2ccccc2Cl)cc1. The minimum absolute atomic E-state index is 0.287. The van der Waals surface area contributed by atoms with Gasteiger partial charge in [0.2, 0.25) is 0 Å². The van der Waals surface area contributed by atoms with Crippen LogP contribution in [0.2, 0.25) is 5.02 Å². The van der Waals surface area contributed by atoms with Crippen molar-refractivity contribution in [2.75, 3.05) is 0 Å². The van der Waals surface area contributed by atoms with Gasteiger partial charge in [0.15, 0.2) is 0 Å². The summed E-state index contributed by atoms with van der Waals surface area (Å²) >= 11 is 7.75. The summed E-state index contributed by atoms with van der Waals surface area (Å²) in [6.45, 7) is 0. The molecule has 1 amide bonds. The second-order valence-electron chi connectivity index (χ2n) is 3.89. The average molecular weight is 293 g/mol. The molecule has 2 rings (SSSR count). The first-order valence-electron chi connectivity index (χ1n) is 5.68.